The topological polar surface area (TPSA) is 69.7 Å². The van der Waals surface area contributed by atoms with E-state index in [0.717, 1.165) is 38.5 Å². The molecule has 0 spiro atoms. The molecule has 0 aromatic heterocycles. The maximum atomic E-state index is 12.2. The molecule has 0 aliphatic heterocycles. The second-order valence-electron chi connectivity index (χ2n) is 11.9. The predicted molar refractivity (Wildman–Crippen MR) is 122 cm³/mol. The van der Waals surface area contributed by atoms with Gasteiger partial charge >= 0.3 is 11.9 Å². The van der Waals surface area contributed by atoms with Gasteiger partial charge in [-0.15, -0.1) is 0 Å². The second kappa shape index (κ2) is 8.76. The molecule has 180 valence electrons. The number of rotatable bonds is 5. The summed E-state index contributed by atoms with van der Waals surface area (Å²) >= 11 is 0. The highest BCUT2D eigenvalue weighted by atomic mass is 16.5. The molecule has 32 heavy (non-hydrogen) atoms. The van der Waals surface area contributed by atoms with Crippen LogP contribution in [0.4, 0.5) is 0 Å². The first-order valence-electron chi connectivity index (χ1n) is 12.9. The molecule has 0 heterocycles. The minimum atomic E-state index is -0.183. The highest BCUT2D eigenvalue weighted by Crippen LogP contribution is 2.68. The zero-order valence-electron chi connectivity index (χ0n) is 20.7. The van der Waals surface area contributed by atoms with Gasteiger partial charge in [0.25, 0.3) is 0 Å². The Hall–Kier alpha value is -1.39. The fourth-order valence-corrected chi connectivity index (χ4v) is 8.97. The molecule has 4 fully saturated rings. The summed E-state index contributed by atoms with van der Waals surface area (Å²) in [4.78, 5) is 36.2. The van der Waals surface area contributed by atoms with Gasteiger partial charge < -0.3 is 9.47 Å². The first kappa shape index (κ1) is 23.8. The number of hydrogen-bond acceptors (Lipinski definition) is 5. The molecule has 4 saturated carbocycles. The minimum absolute atomic E-state index is 0.0456. The van der Waals surface area contributed by atoms with Crippen LogP contribution in [0, 0.1) is 46.3 Å². The molecule has 9 unspecified atom stereocenters. The molecule has 0 aromatic rings. The van der Waals surface area contributed by atoms with E-state index in [1.54, 1.807) is 6.92 Å². The third-order valence-electron chi connectivity index (χ3n) is 10.7. The molecular weight excluding hydrogens is 404 g/mol. The fraction of sp³-hybridized carbons (Fsp3) is 0.889. The van der Waals surface area contributed by atoms with Crippen LogP contribution >= 0.6 is 0 Å². The lowest BCUT2D eigenvalue weighted by molar-refractivity contribution is -0.193. The van der Waals surface area contributed by atoms with Crippen molar-refractivity contribution < 1.29 is 23.9 Å². The van der Waals surface area contributed by atoms with Crippen LogP contribution in [0.15, 0.2) is 0 Å². The number of carbonyl (C=O) groups excluding carboxylic acids is 3. The molecule has 9 atom stereocenters. The number of hydrogen-bond donors (Lipinski definition) is 0. The summed E-state index contributed by atoms with van der Waals surface area (Å²) in [6, 6.07) is 0. The van der Waals surface area contributed by atoms with Gasteiger partial charge in [0.05, 0.1) is 7.11 Å². The Balaban J connectivity index is 1.62. The van der Waals surface area contributed by atoms with E-state index in [1.165, 1.54) is 20.0 Å². The van der Waals surface area contributed by atoms with Gasteiger partial charge in [-0.1, -0.05) is 20.8 Å². The number of esters is 2. The van der Waals surface area contributed by atoms with Crippen molar-refractivity contribution in [3.05, 3.63) is 0 Å². The first-order valence-corrected chi connectivity index (χ1v) is 12.9. The van der Waals surface area contributed by atoms with Gasteiger partial charge in [0, 0.05) is 31.6 Å². The third-order valence-corrected chi connectivity index (χ3v) is 10.7. The van der Waals surface area contributed by atoms with Crippen LogP contribution < -0.4 is 0 Å². The Kier molecular flexibility index (Phi) is 6.50. The summed E-state index contributed by atoms with van der Waals surface area (Å²) in [6.07, 6.45) is 9.27. The Morgan fingerprint density at radius 2 is 1.88 bits per heavy atom. The van der Waals surface area contributed by atoms with E-state index in [1.807, 2.05) is 0 Å². The largest absolute Gasteiger partial charge is 0.469 e. The van der Waals surface area contributed by atoms with E-state index in [9.17, 15) is 14.4 Å². The van der Waals surface area contributed by atoms with Gasteiger partial charge in [-0.2, -0.15) is 0 Å². The number of methoxy groups -OCH3 is 1. The molecule has 4 aliphatic carbocycles. The standard InChI is InChI=1S/C27H42O5/c1-16(6-11-25(30)31-5)21-9-10-22-20-8-7-18-14-19(29)12-13-26(18,3)23(20)15-24(27(21,22)4)32-17(2)28/h16,18,20-24H,6-15H2,1-5H3. The van der Waals surface area contributed by atoms with E-state index in [-0.39, 0.29) is 28.9 Å². The number of carbonyl (C=O) groups is 3. The summed E-state index contributed by atoms with van der Waals surface area (Å²) in [6.45, 7) is 8.62. The Morgan fingerprint density at radius 3 is 2.56 bits per heavy atom. The Bertz CT molecular complexity index is 761. The van der Waals surface area contributed by atoms with Crippen LogP contribution in [0.2, 0.25) is 0 Å². The summed E-state index contributed by atoms with van der Waals surface area (Å²) in [7, 11) is 1.45. The molecule has 0 aromatic carbocycles. The molecule has 0 bridgehead atoms. The van der Waals surface area contributed by atoms with E-state index < -0.39 is 0 Å². The average Bonchev–Trinajstić information content (AvgIpc) is 3.11. The lowest BCUT2D eigenvalue weighted by atomic mass is 9.43. The first-order chi connectivity index (χ1) is 15.1. The number of ether oxygens (including phenoxy) is 2. The maximum absolute atomic E-state index is 12.2. The molecule has 0 saturated heterocycles. The normalized spacial score (nSPS) is 44.1. The van der Waals surface area contributed by atoms with Crippen LogP contribution in [0.1, 0.15) is 91.9 Å². The van der Waals surface area contributed by atoms with Gasteiger partial charge in [-0.25, -0.2) is 0 Å². The van der Waals surface area contributed by atoms with Crippen molar-refractivity contribution in [1.82, 2.24) is 0 Å². The lowest BCUT2D eigenvalue weighted by Crippen LogP contribution is -2.59. The molecular formula is C27H42O5. The fourth-order valence-electron chi connectivity index (χ4n) is 8.97. The maximum Gasteiger partial charge on any atom is 0.305 e. The Morgan fingerprint density at radius 1 is 1.12 bits per heavy atom. The smallest absolute Gasteiger partial charge is 0.305 e. The summed E-state index contributed by atoms with van der Waals surface area (Å²) < 4.78 is 11.0. The molecule has 5 heteroatoms. The molecule has 0 radical (unpaired) electrons. The van der Waals surface area contributed by atoms with Gasteiger partial charge in [-0.3, -0.25) is 14.4 Å². The van der Waals surface area contributed by atoms with Gasteiger partial charge in [0.1, 0.15) is 11.9 Å². The van der Waals surface area contributed by atoms with E-state index >= 15 is 0 Å². The number of ketones is 1. The molecule has 0 N–H and O–H groups in total. The van der Waals surface area contributed by atoms with E-state index in [4.69, 9.17) is 9.47 Å². The number of fused-ring (bicyclic) bond motifs is 5. The van der Waals surface area contributed by atoms with Crippen molar-refractivity contribution in [1.29, 1.82) is 0 Å². The Labute approximate surface area is 193 Å². The third kappa shape index (κ3) is 3.81. The van der Waals surface area contributed by atoms with Crippen LogP contribution in [-0.2, 0) is 23.9 Å². The van der Waals surface area contributed by atoms with Crippen molar-refractivity contribution in [2.24, 2.45) is 46.3 Å². The summed E-state index contributed by atoms with van der Waals surface area (Å²) in [5.74, 6) is 3.16. The zero-order chi connectivity index (χ0) is 23.3. The second-order valence-corrected chi connectivity index (χ2v) is 11.9. The highest BCUT2D eigenvalue weighted by molar-refractivity contribution is 5.79. The molecule has 4 rings (SSSR count). The predicted octanol–water partition coefficient (Wildman–Crippen LogP) is 5.35. The number of Topliss-reactive ketones (excluding diaryl/α,β-unsaturated/α-hetero) is 1. The van der Waals surface area contributed by atoms with E-state index in [0.29, 0.717) is 54.1 Å². The quantitative estimate of drug-likeness (QED) is 0.533. The highest BCUT2D eigenvalue weighted by Gasteiger charge is 2.64. The van der Waals surface area contributed by atoms with Gasteiger partial charge in [-0.05, 0) is 85.9 Å². The van der Waals surface area contributed by atoms with Gasteiger partial charge in [0.2, 0.25) is 0 Å². The monoisotopic (exact) mass is 446 g/mol. The van der Waals surface area contributed by atoms with Crippen molar-refractivity contribution in [2.45, 2.75) is 98.0 Å². The zero-order valence-corrected chi connectivity index (χ0v) is 20.7. The molecule has 0 amide bonds. The average molecular weight is 447 g/mol. The van der Waals surface area contributed by atoms with Crippen LogP contribution in [-0.4, -0.2) is 30.9 Å². The van der Waals surface area contributed by atoms with Crippen molar-refractivity contribution >= 4 is 17.7 Å². The lowest BCUT2D eigenvalue weighted by Gasteiger charge is -2.62. The van der Waals surface area contributed by atoms with Gasteiger partial charge in [0.15, 0.2) is 0 Å². The van der Waals surface area contributed by atoms with Crippen LogP contribution in [0.5, 0.6) is 0 Å². The summed E-state index contributed by atoms with van der Waals surface area (Å²) in [5, 5.41) is 0. The molecule has 5 nitrogen and oxygen atoms in total. The van der Waals surface area contributed by atoms with Crippen molar-refractivity contribution in [2.75, 3.05) is 7.11 Å². The SMILES string of the molecule is COC(=O)CCC(C)C1CCC2C3CCC4CC(=O)CCC4(C)C3CC(OC(C)=O)C12C. The minimum Gasteiger partial charge on any atom is -0.469 e. The van der Waals surface area contributed by atoms with Crippen molar-refractivity contribution in [3.63, 3.8) is 0 Å². The van der Waals surface area contributed by atoms with Crippen LogP contribution in [0.3, 0.4) is 0 Å². The summed E-state index contributed by atoms with van der Waals surface area (Å²) in [5.41, 5.74) is 0.140. The molecule has 4 aliphatic rings. The van der Waals surface area contributed by atoms with Crippen molar-refractivity contribution in [3.8, 4) is 0 Å². The van der Waals surface area contributed by atoms with E-state index in [2.05, 4.69) is 20.8 Å². The van der Waals surface area contributed by atoms with Crippen LogP contribution in [0.25, 0.3) is 0 Å².